The van der Waals surface area contributed by atoms with Gasteiger partial charge in [0.15, 0.2) is 0 Å². The summed E-state index contributed by atoms with van der Waals surface area (Å²) in [6.07, 6.45) is 5.79. The molecule has 6 nitrogen and oxygen atoms in total. The fourth-order valence-corrected chi connectivity index (χ4v) is 3.35. The fourth-order valence-electron chi connectivity index (χ4n) is 3.35. The Morgan fingerprint density at radius 3 is 2.69 bits per heavy atom. The third-order valence-electron chi connectivity index (χ3n) is 4.99. The number of aromatic nitrogens is 1. The number of carbonyl (C=O) groups excluding carboxylic acids is 1. The quantitative estimate of drug-likeness (QED) is 0.298. The molecule has 1 aromatic rings. The van der Waals surface area contributed by atoms with E-state index in [-0.39, 0.29) is 30.0 Å². The van der Waals surface area contributed by atoms with Crippen LogP contribution in [0, 0.1) is 17.2 Å². The maximum absolute atomic E-state index is 12.0. The molecule has 0 amide bonds. The Morgan fingerprint density at radius 1 is 1.34 bits per heavy atom. The van der Waals surface area contributed by atoms with Crippen molar-refractivity contribution in [1.29, 1.82) is 5.41 Å². The van der Waals surface area contributed by atoms with Gasteiger partial charge in [0.1, 0.15) is 12.9 Å². The number of aromatic amines is 1. The van der Waals surface area contributed by atoms with E-state index >= 15 is 0 Å². The minimum Gasteiger partial charge on any atom is -0.463 e. The van der Waals surface area contributed by atoms with Crippen molar-refractivity contribution < 1.29 is 14.3 Å². The number of hydrogen-bond donors (Lipinski definition) is 2. The number of rotatable bonds is 10. The van der Waals surface area contributed by atoms with E-state index in [1.807, 2.05) is 32.9 Å². The van der Waals surface area contributed by atoms with Gasteiger partial charge >= 0.3 is 5.97 Å². The van der Waals surface area contributed by atoms with Crippen LogP contribution in [0.15, 0.2) is 17.1 Å². The van der Waals surface area contributed by atoms with E-state index in [0.717, 1.165) is 55.5 Å². The minimum absolute atomic E-state index is 0.0200. The molecule has 29 heavy (non-hydrogen) atoms. The second kappa shape index (κ2) is 13.3. The number of carbonyl (C=O) groups is 1. The number of unbranched alkanes of at least 4 members (excludes halogenated alkanes) is 1. The molecule has 1 aliphatic rings. The zero-order valence-electron chi connectivity index (χ0n) is 19.0. The van der Waals surface area contributed by atoms with E-state index in [2.05, 4.69) is 30.7 Å². The van der Waals surface area contributed by atoms with Gasteiger partial charge in [-0.15, -0.1) is 0 Å². The number of aliphatic imine (C=N–C) groups is 1. The molecule has 0 radical (unpaired) electrons. The van der Waals surface area contributed by atoms with Crippen LogP contribution in [0.25, 0.3) is 0 Å². The summed E-state index contributed by atoms with van der Waals surface area (Å²) in [4.78, 5) is 19.6. The maximum atomic E-state index is 12.0. The van der Waals surface area contributed by atoms with Crippen molar-refractivity contribution in [2.24, 2.45) is 16.8 Å². The highest BCUT2D eigenvalue weighted by Crippen LogP contribution is 2.32. The van der Waals surface area contributed by atoms with Crippen LogP contribution in [0.3, 0.4) is 0 Å². The van der Waals surface area contributed by atoms with Gasteiger partial charge in [-0.25, -0.2) is 4.99 Å². The molecule has 2 heterocycles. The van der Waals surface area contributed by atoms with Crippen molar-refractivity contribution in [3.05, 3.63) is 23.5 Å². The average molecular weight is 406 g/mol. The van der Waals surface area contributed by atoms with Gasteiger partial charge < -0.3 is 14.5 Å². The number of H-pyrrole nitrogens is 1. The second-order valence-corrected chi connectivity index (χ2v) is 7.62. The summed E-state index contributed by atoms with van der Waals surface area (Å²) < 4.78 is 11.5. The van der Waals surface area contributed by atoms with E-state index < -0.39 is 0 Å². The molecule has 164 valence electrons. The number of esters is 1. The standard InChI is InChI=1S/C21H33N3O3.C2H6/c1-5-6-7-15(4)21(25)26-12-16-8-11-19(27-16)17-9-10-18(24-17)20(14(2)3)23-13-22;1-2/h9-10,13-16,19,22,24H,5-8,11-12H2,1-4H3;1-2H3. The molecule has 0 bridgehead atoms. The Bertz CT molecular complexity index is 652. The second-order valence-electron chi connectivity index (χ2n) is 7.62. The Labute approximate surface area is 176 Å². The highest BCUT2D eigenvalue weighted by molar-refractivity contribution is 6.03. The molecule has 3 atom stereocenters. The molecule has 0 aliphatic carbocycles. The Morgan fingerprint density at radius 2 is 2.07 bits per heavy atom. The number of nitrogens with one attached hydrogen (secondary N) is 2. The lowest BCUT2D eigenvalue weighted by Crippen LogP contribution is -2.22. The van der Waals surface area contributed by atoms with Crippen LogP contribution >= 0.6 is 0 Å². The van der Waals surface area contributed by atoms with E-state index in [1.165, 1.54) is 0 Å². The Hall–Kier alpha value is -1.95. The predicted octanol–water partition coefficient (Wildman–Crippen LogP) is 5.68. The van der Waals surface area contributed by atoms with E-state index in [1.54, 1.807) is 0 Å². The fraction of sp³-hybridized carbons (Fsp3) is 0.696. The molecule has 0 aromatic carbocycles. The lowest BCUT2D eigenvalue weighted by Gasteiger charge is -2.15. The molecule has 1 aliphatic heterocycles. The summed E-state index contributed by atoms with van der Waals surface area (Å²) in [6, 6.07) is 4.01. The highest BCUT2D eigenvalue weighted by atomic mass is 16.6. The number of ether oxygens (including phenoxy) is 2. The molecule has 3 unspecified atom stereocenters. The molecular formula is C23H39N3O3. The molecule has 2 rings (SSSR count). The predicted molar refractivity (Wildman–Crippen MR) is 119 cm³/mol. The monoisotopic (exact) mass is 405 g/mol. The van der Waals surface area contributed by atoms with E-state index in [9.17, 15) is 4.79 Å². The molecule has 1 saturated heterocycles. The van der Waals surface area contributed by atoms with Crippen molar-refractivity contribution in [3.8, 4) is 0 Å². The normalized spacial score (nSPS) is 20.2. The SMILES string of the molecule is CC.CCCCC(C)C(=O)OCC1CCC(c2ccc(C(=NC=N)C(C)C)[nH]2)O1. The van der Waals surface area contributed by atoms with Crippen LogP contribution in [0.2, 0.25) is 0 Å². The highest BCUT2D eigenvalue weighted by Gasteiger charge is 2.29. The summed E-state index contributed by atoms with van der Waals surface area (Å²) >= 11 is 0. The first-order valence-corrected chi connectivity index (χ1v) is 11.0. The molecule has 6 heteroatoms. The van der Waals surface area contributed by atoms with Gasteiger partial charge in [0.2, 0.25) is 0 Å². The van der Waals surface area contributed by atoms with Crippen molar-refractivity contribution in [2.45, 2.75) is 85.9 Å². The maximum Gasteiger partial charge on any atom is 0.308 e. The lowest BCUT2D eigenvalue weighted by molar-refractivity contribution is -0.152. The van der Waals surface area contributed by atoms with Gasteiger partial charge in [0.05, 0.1) is 29.5 Å². The first kappa shape index (κ1) is 25.1. The zero-order chi connectivity index (χ0) is 21.8. The van der Waals surface area contributed by atoms with Crippen molar-refractivity contribution >= 4 is 18.0 Å². The van der Waals surface area contributed by atoms with Gasteiger partial charge in [0, 0.05) is 5.69 Å². The van der Waals surface area contributed by atoms with Gasteiger partial charge in [-0.05, 0) is 37.3 Å². The third kappa shape index (κ3) is 7.77. The van der Waals surface area contributed by atoms with Crippen molar-refractivity contribution in [1.82, 2.24) is 4.98 Å². The molecule has 0 spiro atoms. The van der Waals surface area contributed by atoms with Crippen LogP contribution in [-0.2, 0) is 14.3 Å². The Balaban J connectivity index is 0.00000204. The largest absolute Gasteiger partial charge is 0.463 e. The van der Waals surface area contributed by atoms with Crippen LogP contribution < -0.4 is 0 Å². The van der Waals surface area contributed by atoms with Crippen LogP contribution in [0.4, 0.5) is 0 Å². The summed E-state index contributed by atoms with van der Waals surface area (Å²) in [5, 5.41) is 7.23. The van der Waals surface area contributed by atoms with Gasteiger partial charge in [-0.2, -0.15) is 0 Å². The lowest BCUT2D eigenvalue weighted by atomic mass is 10.1. The first-order chi connectivity index (χ1) is 14.0. The first-order valence-electron chi connectivity index (χ1n) is 11.0. The topological polar surface area (TPSA) is 87.5 Å². The van der Waals surface area contributed by atoms with Gasteiger partial charge in [0.25, 0.3) is 0 Å². The summed E-state index contributed by atoms with van der Waals surface area (Å²) in [7, 11) is 0. The van der Waals surface area contributed by atoms with Crippen LogP contribution in [-0.4, -0.2) is 35.7 Å². The van der Waals surface area contributed by atoms with Gasteiger partial charge in [-0.1, -0.05) is 54.4 Å². The smallest absolute Gasteiger partial charge is 0.308 e. The number of nitrogens with zero attached hydrogens (tertiary/aromatic N) is 1. The van der Waals surface area contributed by atoms with Crippen molar-refractivity contribution in [3.63, 3.8) is 0 Å². The zero-order valence-corrected chi connectivity index (χ0v) is 19.0. The third-order valence-corrected chi connectivity index (χ3v) is 4.99. The minimum atomic E-state index is -0.123. The molecule has 0 saturated carbocycles. The van der Waals surface area contributed by atoms with E-state index in [0.29, 0.717) is 6.61 Å². The molecule has 1 aromatic heterocycles. The molecule has 1 fully saturated rings. The van der Waals surface area contributed by atoms with E-state index in [4.69, 9.17) is 14.9 Å². The molecular weight excluding hydrogens is 366 g/mol. The van der Waals surface area contributed by atoms with Crippen LogP contribution in [0.1, 0.15) is 91.1 Å². The summed E-state index contributed by atoms with van der Waals surface area (Å²) in [6.45, 7) is 12.5. The van der Waals surface area contributed by atoms with Crippen LogP contribution in [0.5, 0.6) is 0 Å². The molecule has 2 N–H and O–H groups in total. The average Bonchev–Trinajstić information content (AvgIpc) is 3.39. The number of hydrogen-bond acceptors (Lipinski definition) is 4. The van der Waals surface area contributed by atoms with Crippen molar-refractivity contribution in [2.75, 3.05) is 6.61 Å². The summed E-state index contributed by atoms with van der Waals surface area (Å²) in [5.41, 5.74) is 2.79. The Kier molecular flexibility index (Phi) is 11.5. The summed E-state index contributed by atoms with van der Waals surface area (Å²) in [5.74, 6) is 0.0576. The van der Waals surface area contributed by atoms with Gasteiger partial charge in [-0.3, -0.25) is 10.2 Å².